The number of carbonyl (C=O) groups is 2. The number of nitrogens with one attached hydrogen (secondary N) is 1. The van der Waals surface area contributed by atoms with Crippen LogP contribution in [0.2, 0.25) is 0 Å². The second-order valence-electron chi connectivity index (χ2n) is 9.89. The van der Waals surface area contributed by atoms with Crippen LogP contribution >= 0.6 is 0 Å². The number of carbonyl (C=O) groups excluding carboxylic acids is 2. The van der Waals surface area contributed by atoms with Gasteiger partial charge in [-0.15, -0.1) is 5.10 Å². The number of ether oxygens (including phenoxy) is 1. The SMILES string of the molecule is Cc1cccc(CCN(C(=O)Cn2nnc3ccccc32)[C@@H](C(=O)NC[C@@H]2CCCO2)c2cccn2C)c1. The van der Waals surface area contributed by atoms with Crippen molar-refractivity contribution < 1.29 is 14.3 Å². The van der Waals surface area contributed by atoms with Gasteiger partial charge in [-0.25, -0.2) is 4.68 Å². The largest absolute Gasteiger partial charge is 0.376 e. The van der Waals surface area contributed by atoms with Crippen LogP contribution in [0.4, 0.5) is 0 Å². The summed E-state index contributed by atoms with van der Waals surface area (Å²) in [5, 5.41) is 11.5. The van der Waals surface area contributed by atoms with Crippen LogP contribution < -0.4 is 5.32 Å². The van der Waals surface area contributed by atoms with Gasteiger partial charge in [0.25, 0.3) is 0 Å². The number of rotatable bonds is 10. The van der Waals surface area contributed by atoms with Crippen molar-refractivity contribution in [2.45, 2.75) is 44.9 Å². The van der Waals surface area contributed by atoms with Crippen LogP contribution in [0.15, 0.2) is 66.9 Å². The molecule has 3 heterocycles. The molecule has 0 unspecified atom stereocenters. The van der Waals surface area contributed by atoms with E-state index in [-0.39, 0.29) is 24.5 Å². The molecule has 0 saturated carbocycles. The summed E-state index contributed by atoms with van der Waals surface area (Å²) in [5.41, 5.74) is 4.51. The van der Waals surface area contributed by atoms with E-state index in [1.807, 2.05) is 73.3 Å². The average molecular weight is 515 g/mol. The molecule has 5 rings (SSSR count). The maximum Gasteiger partial charge on any atom is 0.249 e. The summed E-state index contributed by atoms with van der Waals surface area (Å²) in [7, 11) is 1.89. The third-order valence-corrected chi connectivity index (χ3v) is 7.10. The maximum absolute atomic E-state index is 14.0. The second kappa shape index (κ2) is 11.6. The first-order valence-corrected chi connectivity index (χ1v) is 13.1. The van der Waals surface area contributed by atoms with Gasteiger partial charge < -0.3 is 19.5 Å². The van der Waals surface area contributed by atoms with Crippen LogP contribution in [0.1, 0.15) is 35.7 Å². The molecular weight excluding hydrogens is 480 g/mol. The van der Waals surface area contributed by atoms with Crippen LogP contribution in [0.25, 0.3) is 11.0 Å². The molecule has 2 aromatic carbocycles. The first-order chi connectivity index (χ1) is 18.5. The van der Waals surface area contributed by atoms with Crippen molar-refractivity contribution in [1.29, 1.82) is 0 Å². The fourth-order valence-electron chi connectivity index (χ4n) is 5.08. The number of aryl methyl sites for hydroxylation is 2. The van der Waals surface area contributed by atoms with Crippen LogP contribution in [-0.2, 0) is 34.3 Å². The van der Waals surface area contributed by atoms with Crippen molar-refractivity contribution in [3.63, 3.8) is 0 Å². The second-order valence-corrected chi connectivity index (χ2v) is 9.89. The predicted octanol–water partition coefficient (Wildman–Crippen LogP) is 3.19. The van der Waals surface area contributed by atoms with E-state index in [9.17, 15) is 9.59 Å². The lowest BCUT2D eigenvalue weighted by Crippen LogP contribution is -2.47. The number of para-hydroxylation sites is 1. The van der Waals surface area contributed by atoms with Crippen molar-refractivity contribution in [2.75, 3.05) is 19.7 Å². The molecule has 1 fully saturated rings. The molecule has 1 aliphatic heterocycles. The van der Waals surface area contributed by atoms with Gasteiger partial charge in [0.1, 0.15) is 12.1 Å². The Hall–Kier alpha value is -3.98. The Morgan fingerprint density at radius 1 is 1.16 bits per heavy atom. The van der Waals surface area contributed by atoms with E-state index >= 15 is 0 Å². The van der Waals surface area contributed by atoms with Crippen molar-refractivity contribution >= 4 is 22.8 Å². The molecule has 1 N–H and O–H groups in total. The summed E-state index contributed by atoms with van der Waals surface area (Å²) in [4.78, 5) is 29.4. The Labute approximate surface area is 222 Å². The smallest absolute Gasteiger partial charge is 0.249 e. The van der Waals surface area contributed by atoms with E-state index in [4.69, 9.17) is 4.74 Å². The fraction of sp³-hybridized carbons (Fsp3) is 0.379. The summed E-state index contributed by atoms with van der Waals surface area (Å²) < 4.78 is 9.21. The molecule has 0 radical (unpaired) electrons. The minimum absolute atomic E-state index is 0.00553. The number of fused-ring (bicyclic) bond motifs is 1. The number of hydrogen-bond acceptors (Lipinski definition) is 5. The van der Waals surface area contributed by atoms with Gasteiger partial charge in [0.05, 0.1) is 11.6 Å². The first kappa shape index (κ1) is 25.7. The minimum atomic E-state index is -0.802. The minimum Gasteiger partial charge on any atom is -0.376 e. The molecule has 4 aromatic rings. The third kappa shape index (κ3) is 5.78. The Balaban J connectivity index is 1.45. The number of benzene rings is 2. The van der Waals surface area contributed by atoms with Crippen LogP contribution in [0, 0.1) is 6.92 Å². The van der Waals surface area contributed by atoms with Crippen molar-refractivity contribution in [3.8, 4) is 0 Å². The fourth-order valence-corrected chi connectivity index (χ4v) is 5.08. The van der Waals surface area contributed by atoms with Gasteiger partial charge in [0.15, 0.2) is 6.04 Å². The zero-order valence-corrected chi connectivity index (χ0v) is 21.9. The number of amides is 2. The first-order valence-electron chi connectivity index (χ1n) is 13.1. The lowest BCUT2D eigenvalue weighted by molar-refractivity contribution is -0.141. The van der Waals surface area contributed by atoms with Crippen molar-refractivity contribution in [1.82, 2.24) is 29.8 Å². The quantitative estimate of drug-likeness (QED) is 0.351. The van der Waals surface area contributed by atoms with Gasteiger partial charge in [-0.2, -0.15) is 0 Å². The number of nitrogens with zero attached hydrogens (tertiary/aromatic N) is 5. The van der Waals surface area contributed by atoms with E-state index < -0.39 is 6.04 Å². The molecule has 9 nitrogen and oxygen atoms in total. The van der Waals surface area contributed by atoms with Crippen LogP contribution in [-0.4, -0.2) is 62.1 Å². The van der Waals surface area contributed by atoms with Gasteiger partial charge >= 0.3 is 0 Å². The van der Waals surface area contributed by atoms with Crippen molar-refractivity contribution in [3.05, 3.63) is 83.7 Å². The standard InChI is InChI=1S/C29H34N6O3/c1-21-8-5-9-22(18-21)14-16-34(27(36)20-35-25-12-4-3-11-24(25)31-32-35)28(26-13-6-15-33(26)2)29(37)30-19-23-10-7-17-38-23/h3-6,8-9,11-13,15,18,23,28H,7,10,14,16-17,19-20H2,1-2H3,(H,30,37)/t23-,28+/m0/s1. The van der Waals surface area contributed by atoms with Gasteiger partial charge in [-0.1, -0.05) is 47.2 Å². The van der Waals surface area contributed by atoms with Crippen LogP contribution in [0.5, 0.6) is 0 Å². The number of aromatic nitrogens is 4. The topological polar surface area (TPSA) is 94.3 Å². The van der Waals surface area contributed by atoms with E-state index in [0.29, 0.717) is 19.5 Å². The zero-order chi connectivity index (χ0) is 26.5. The molecule has 1 aliphatic rings. The average Bonchev–Trinajstić information content (AvgIpc) is 3.67. The van der Waals surface area contributed by atoms with Gasteiger partial charge in [-0.3, -0.25) is 9.59 Å². The molecule has 9 heteroatoms. The Morgan fingerprint density at radius 2 is 2.03 bits per heavy atom. The van der Waals surface area contributed by atoms with E-state index in [2.05, 4.69) is 27.8 Å². The predicted molar refractivity (Wildman–Crippen MR) is 144 cm³/mol. The summed E-state index contributed by atoms with van der Waals surface area (Å²) in [6, 6.07) is 18.8. The Morgan fingerprint density at radius 3 is 2.79 bits per heavy atom. The summed E-state index contributed by atoms with van der Waals surface area (Å²) in [6.07, 6.45) is 4.43. The van der Waals surface area contributed by atoms with Crippen molar-refractivity contribution in [2.24, 2.45) is 7.05 Å². The molecule has 0 aliphatic carbocycles. The Kier molecular flexibility index (Phi) is 7.83. The van der Waals surface area contributed by atoms with Gasteiger partial charge in [0, 0.05) is 38.6 Å². The van der Waals surface area contributed by atoms with Crippen LogP contribution in [0.3, 0.4) is 0 Å². The molecule has 198 valence electrons. The number of hydrogen-bond donors (Lipinski definition) is 1. The zero-order valence-electron chi connectivity index (χ0n) is 21.9. The summed E-state index contributed by atoms with van der Waals surface area (Å²) in [5.74, 6) is -0.421. The molecule has 2 aromatic heterocycles. The molecule has 0 bridgehead atoms. The molecule has 38 heavy (non-hydrogen) atoms. The third-order valence-electron chi connectivity index (χ3n) is 7.10. The Bertz CT molecular complexity index is 1400. The lowest BCUT2D eigenvalue weighted by atomic mass is 10.1. The maximum atomic E-state index is 14.0. The molecular formula is C29H34N6O3. The lowest BCUT2D eigenvalue weighted by Gasteiger charge is -2.32. The highest BCUT2D eigenvalue weighted by molar-refractivity contribution is 5.89. The highest BCUT2D eigenvalue weighted by Gasteiger charge is 2.34. The molecule has 2 atom stereocenters. The highest BCUT2D eigenvalue weighted by Crippen LogP contribution is 2.24. The molecule has 1 saturated heterocycles. The monoisotopic (exact) mass is 514 g/mol. The van der Waals surface area contributed by atoms with E-state index in [1.165, 1.54) is 0 Å². The summed E-state index contributed by atoms with van der Waals surface area (Å²) >= 11 is 0. The van der Waals surface area contributed by atoms with Gasteiger partial charge in [0.2, 0.25) is 11.8 Å². The highest BCUT2D eigenvalue weighted by atomic mass is 16.5. The normalized spacial score (nSPS) is 16.0. The molecule has 2 amide bonds. The summed E-state index contributed by atoms with van der Waals surface area (Å²) in [6.45, 7) is 3.54. The van der Waals surface area contributed by atoms with Gasteiger partial charge in [-0.05, 0) is 56.0 Å². The van der Waals surface area contributed by atoms with E-state index in [0.717, 1.165) is 47.3 Å². The molecule has 0 spiro atoms. The van der Waals surface area contributed by atoms with E-state index in [1.54, 1.807) is 9.58 Å².